The van der Waals surface area contributed by atoms with E-state index in [0.717, 1.165) is 0 Å². The van der Waals surface area contributed by atoms with Gasteiger partial charge in [0.15, 0.2) is 0 Å². The van der Waals surface area contributed by atoms with Crippen LogP contribution in [0, 0.1) is 12.7 Å². The van der Waals surface area contributed by atoms with Crippen LogP contribution in [-0.4, -0.2) is 20.5 Å². The van der Waals surface area contributed by atoms with Crippen molar-refractivity contribution in [2.45, 2.75) is 18.4 Å². The largest absolute Gasteiger partial charge is 0.497 e. The average Bonchev–Trinajstić information content (AvgIpc) is 2.67. The lowest BCUT2D eigenvalue weighted by atomic mass is 10.2. The Kier molecular flexibility index (Phi) is 5.91. The molecule has 146 valence electrons. The highest BCUT2D eigenvalue weighted by atomic mass is 32.2. The Labute approximate surface area is 163 Å². The van der Waals surface area contributed by atoms with Crippen LogP contribution in [0.25, 0.3) is 0 Å². The van der Waals surface area contributed by atoms with Crippen LogP contribution in [0.4, 0.5) is 4.39 Å². The Morgan fingerprint density at radius 1 is 1.07 bits per heavy atom. The molecule has 0 bridgehead atoms. The van der Waals surface area contributed by atoms with E-state index in [2.05, 4.69) is 9.71 Å². The van der Waals surface area contributed by atoms with Crippen molar-refractivity contribution in [2.24, 2.45) is 0 Å². The maximum Gasteiger partial charge on any atom is 0.241 e. The van der Waals surface area contributed by atoms with E-state index in [4.69, 9.17) is 9.47 Å². The lowest BCUT2D eigenvalue weighted by Crippen LogP contribution is -2.24. The minimum Gasteiger partial charge on any atom is -0.497 e. The fourth-order valence-electron chi connectivity index (χ4n) is 2.53. The standard InChI is InChI=1S/C20H19FN2O4S/c1-14-10-17(26-2)7-8-19(14)28(24,25)23-13-15-6-9-20(22-12-15)27-18-5-3-4-16(21)11-18/h3-12,23H,13H2,1-2H3. The van der Waals surface area contributed by atoms with Gasteiger partial charge in [-0.3, -0.25) is 0 Å². The molecule has 0 saturated carbocycles. The number of hydrogen-bond donors (Lipinski definition) is 1. The Morgan fingerprint density at radius 2 is 1.89 bits per heavy atom. The lowest BCUT2D eigenvalue weighted by molar-refractivity contribution is 0.414. The summed E-state index contributed by atoms with van der Waals surface area (Å²) in [5, 5.41) is 0. The zero-order chi connectivity index (χ0) is 20.1. The number of aryl methyl sites for hydroxylation is 1. The highest BCUT2D eigenvalue weighted by Crippen LogP contribution is 2.22. The minimum atomic E-state index is -3.68. The minimum absolute atomic E-state index is 0.0705. The molecule has 0 atom stereocenters. The molecule has 0 aliphatic heterocycles. The van der Waals surface area contributed by atoms with E-state index < -0.39 is 15.8 Å². The van der Waals surface area contributed by atoms with E-state index in [1.54, 1.807) is 37.3 Å². The Hall–Kier alpha value is -2.97. The van der Waals surface area contributed by atoms with Gasteiger partial charge in [0.1, 0.15) is 17.3 Å². The van der Waals surface area contributed by atoms with E-state index in [1.807, 2.05) is 0 Å². The Bertz CT molecular complexity index is 1070. The van der Waals surface area contributed by atoms with Crippen LogP contribution in [0.15, 0.2) is 65.7 Å². The first-order chi connectivity index (χ1) is 13.4. The number of ether oxygens (including phenoxy) is 2. The van der Waals surface area contributed by atoms with Crippen molar-refractivity contribution >= 4 is 10.0 Å². The van der Waals surface area contributed by atoms with Gasteiger partial charge in [0.25, 0.3) is 0 Å². The summed E-state index contributed by atoms with van der Waals surface area (Å²) in [5.74, 6) is 0.797. The summed E-state index contributed by atoms with van der Waals surface area (Å²) in [6.07, 6.45) is 1.50. The predicted octanol–water partition coefficient (Wildman–Crippen LogP) is 3.81. The van der Waals surface area contributed by atoms with E-state index in [-0.39, 0.29) is 17.3 Å². The summed E-state index contributed by atoms with van der Waals surface area (Å²) in [5.41, 5.74) is 1.24. The molecule has 0 aliphatic carbocycles. The van der Waals surface area contributed by atoms with Gasteiger partial charge in [-0.25, -0.2) is 22.5 Å². The van der Waals surface area contributed by atoms with E-state index >= 15 is 0 Å². The molecule has 0 unspecified atom stereocenters. The third-order valence-corrected chi connectivity index (χ3v) is 5.52. The molecule has 0 saturated heterocycles. The fraction of sp³-hybridized carbons (Fsp3) is 0.150. The van der Waals surface area contributed by atoms with Crippen molar-refractivity contribution in [2.75, 3.05) is 7.11 Å². The van der Waals surface area contributed by atoms with Crippen LogP contribution < -0.4 is 14.2 Å². The van der Waals surface area contributed by atoms with E-state index in [9.17, 15) is 12.8 Å². The maximum atomic E-state index is 13.2. The highest BCUT2D eigenvalue weighted by molar-refractivity contribution is 7.89. The van der Waals surface area contributed by atoms with Gasteiger partial charge >= 0.3 is 0 Å². The van der Waals surface area contributed by atoms with Crippen molar-refractivity contribution in [3.05, 3.63) is 77.7 Å². The van der Waals surface area contributed by atoms with Crippen LogP contribution in [0.1, 0.15) is 11.1 Å². The average molecular weight is 402 g/mol. The van der Waals surface area contributed by atoms with Gasteiger partial charge in [0.2, 0.25) is 15.9 Å². The fourth-order valence-corrected chi connectivity index (χ4v) is 3.78. The van der Waals surface area contributed by atoms with Crippen molar-refractivity contribution in [1.29, 1.82) is 0 Å². The quantitative estimate of drug-likeness (QED) is 0.650. The van der Waals surface area contributed by atoms with Gasteiger partial charge < -0.3 is 9.47 Å². The van der Waals surface area contributed by atoms with Gasteiger partial charge in [-0.2, -0.15) is 0 Å². The van der Waals surface area contributed by atoms with Crippen LogP contribution >= 0.6 is 0 Å². The summed E-state index contributed by atoms with van der Waals surface area (Å²) < 4.78 is 51.4. The first-order valence-electron chi connectivity index (χ1n) is 8.40. The van der Waals surface area contributed by atoms with Crippen molar-refractivity contribution in [3.8, 4) is 17.4 Å². The number of rotatable bonds is 7. The molecule has 0 fully saturated rings. The van der Waals surface area contributed by atoms with Crippen molar-refractivity contribution in [1.82, 2.24) is 9.71 Å². The molecule has 1 N–H and O–H groups in total. The molecule has 3 rings (SSSR count). The molecule has 1 aromatic heterocycles. The van der Waals surface area contributed by atoms with Gasteiger partial charge in [0.05, 0.1) is 12.0 Å². The van der Waals surface area contributed by atoms with Gasteiger partial charge in [-0.1, -0.05) is 12.1 Å². The number of nitrogens with one attached hydrogen (secondary N) is 1. The number of nitrogens with zero attached hydrogens (tertiary/aromatic N) is 1. The summed E-state index contributed by atoms with van der Waals surface area (Å²) in [6, 6.07) is 13.8. The molecule has 0 spiro atoms. The van der Waals surface area contributed by atoms with Gasteiger partial charge in [0, 0.05) is 24.9 Å². The first-order valence-corrected chi connectivity index (χ1v) is 9.88. The molecule has 3 aromatic rings. The third kappa shape index (κ3) is 4.85. The SMILES string of the molecule is COc1ccc(S(=O)(=O)NCc2ccc(Oc3cccc(F)c3)nc2)c(C)c1. The van der Waals surface area contributed by atoms with E-state index in [0.29, 0.717) is 22.6 Å². The molecule has 0 amide bonds. The van der Waals surface area contributed by atoms with E-state index in [1.165, 1.54) is 37.6 Å². The molecule has 0 aliphatic rings. The van der Waals surface area contributed by atoms with Crippen LogP contribution in [0.3, 0.4) is 0 Å². The predicted molar refractivity (Wildman–Crippen MR) is 102 cm³/mol. The number of benzene rings is 2. The number of sulfonamides is 1. The zero-order valence-corrected chi connectivity index (χ0v) is 16.2. The molecule has 0 radical (unpaired) electrons. The third-order valence-electron chi connectivity index (χ3n) is 3.95. The number of hydrogen-bond acceptors (Lipinski definition) is 5. The summed E-state index contributed by atoms with van der Waals surface area (Å²) >= 11 is 0. The number of halogens is 1. The Morgan fingerprint density at radius 3 is 2.54 bits per heavy atom. The second-order valence-corrected chi connectivity index (χ2v) is 7.76. The molecular weight excluding hydrogens is 383 g/mol. The second-order valence-electron chi connectivity index (χ2n) is 6.02. The molecule has 28 heavy (non-hydrogen) atoms. The van der Waals surface area contributed by atoms with Crippen molar-refractivity contribution < 1.29 is 22.3 Å². The van der Waals surface area contributed by atoms with Gasteiger partial charge in [-0.05, 0) is 48.4 Å². The van der Waals surface area contributed by atoms with Crippen LogP contribution in [-0.2, 0) is 16.6 Å². The molecule has 6 nitrogen and oxygen atoms in total. The normalized spacial score (nSPS) is 11.2. The molecular formula is C20H19FN2O4S. The monoisotopic (exact) mass is 402 g/mol. The summed E-state index contributed by atoms with van der Waals surface area (Å²) in [4.78, 5) is 4.31. The van der Waals surface area contributed by atoms with Crippen LogP contribution in [0.2, 0.25) is 0 Å². The first kappa shape index (κ1) is 19.8. The highest BCUT2D eigenvalue weighted by Gasteiger charge is 2.17. The second kappa shape index (κ2) is 8.37. The Balaban J connectivity index is 1.65. The lowest BCUT2D eigenvalue weighted by Gasteiger charge is -2.11. The number of aromatic nitrogens is 1. The molecule has 8 heteroatoms. The topological polar surface area (TPSA) is 77.5 Å². The molecule has 2 aromatic carbocycles. The van der Waals surface area contributed by atoms with Crippen LogP contribution in [0.5, 0.6) is 17.4 Å². The zero-order valence-electron chi connectivity index (χ0n) is 15.3. The molecule has 1 heterocycles. The smallest absolute Gasteiger partial charge is 0.241 e. The number of methoxy groups -OCH3 is 1. The summed E-state index contributed by atoms with van der Waals surface area (Å²) in [7, 11) is -2.16. The van der Waals surface area contributed by atoms with Gasteiger partial charge in [-0.15, -0.1) is 0 Å². The van der Waals surface area contributed by atoms with Crippen molar-refractivity contribution in [3.63, 3.8) is 0 Å². The maximum absolute atomic E-state index is 13.2. The summed E-state index contributed by atoms with van der Waals surface area (Å²) in [6.45, 7) is 1.78. The number of pyridine rings is 1.